The van der Waals surface area contributed by atoms with Gasteiger partial charge in [0, 0.05) is 19.4 Å². The van der Waals surface area contributed by atoms with E-state index in [4.69, 9.17) is 24.3 Å². The lowest BCUT2D eigenvalue weighted by Crippen LogP contribution is -2.29. The third kappa shape index (κ3) is 63.9. The number of ether oxygens (including phenoxy) is 2. The maximum atomic E-state index is 12.7. The number of esters is 2. The molecular weight excluding hydrogens is 990 g/mol. The van der Waals surface area contributed by atoms with Crippen LogP contribution in [0.2, 0.25) is 0 Å². The summed E-state index contributed by atoms with van der Waals surface area (Å²) >= 11 is 0. The molecule has 0 bridgehead atoms. The Hall–Kier alpha value is -1.25. The van der Waals surface area contributed by atoms with Crippen molar-refractivity contribution < 1.29 is 37.6 Å². The molecule has 0 radical (unpaired) electrons. The minimum absolute atomic E-state index is 0.0580. The Labute approximate surface area is 485 Å². The Balaban J connectivity index is 3.76. The molecular formula is C68H134NO8P. The summed E-state index contributed by atoms with van der Waals surface area (Å²) in [4.78, 5) is 35.3. The van der Waals surface area contributed by atoms with Crippen LogP contribution in [0.25, 0.3) is 0 Å². The van der Waals surface area contributed by atoms with Gasteiger partial charge in [0.15, 0.2) is 6.10 Å². The number of phosphoric acid groups is 1. The Morgan fingerprint density at radius 3 is 0.910 bits per heavy atom. The molecule has 0 spiro atoms. The van der Waals surface area contributed by atoms with Crippen molar-refractivity contribution in [1.82, 2.24) is 0 Å². The molecule has 0 aromatic carbocycles. The topological polar surface area (TPSA) is 134 Å². The van der Waals surface area contributed by atoms with E-state index in [1.165, 1.54) is 315 Å². The first kappa shape index (κ1) is 76.8. The molecule has 2 atom stereocenters. The van der Waals surface area contributed by atoms with Crippen LogP contribution in [0, 0.1) is 0 Å². The molecule has 0 heterocycles. The van der Waals surface area contributed by atoms with Crippen LogP contribution in [0.15, 0.2) is 12.2 Å². The molecule has 78 heavy (non-hydrogen) atoms. The minimum atomic E-state index is -4.38. The van der Waals surface area contributed by atoms with Crippen LogP contribution < -0.4 is 5.73 Å². The fraction of sp³-hybridized carbons (Fsp3) is 0.941. The standard InChI is InChI=1S/C68H134NO8P/c1-3-5-7-9-11-13-15-17-19-21-23-25-26-27-28-29-30-31-32-33-34-35-36-37-38-39-40-41-43-45-47-49-51-53-55-57-59-61-68(71)77-66(65-76-78(72,73)75-63-62-69)64-74-67(70)60-58-56-54-52-50-48-46-44-42-24-22-20-18-16-14-12-10-8-6-4-2/h21,23,66H,3-20,22,24-65,69H2,1-2H3,(H,72,73)/b23-21-. The highest BCUT2D eigenvalue weighted by Crippen LogP contribution is 2.43. The number of hydrogen-bond donors (Lipinski definition) is 2. The van der Waals surface area contributed by atoms with Gasteiger partial charge in [-0.3, -0.25) is 18.6 Å². The van der Waals surface area contributed by atoms with Crippen LogP contribution in [0.3, 0.4) is 0 Å². The van der Waals surface area contributed by atoms with Crippen molar-refractivity contribution in [2.24, 2.45) is 5.73 Å². The predicted molar refractivity (Wildman–Crippen MR) is 335 cm³/mol. The number of hydrogen-bond acceptors (Lipinski definition) is 8. The molecule has 9 nitrogen and oxygen atoms in total. The molecule has 464 valence electrons. The summed E-state index contributed by atoms with van der Waals surface area (Å²) < 4.78 is 33.2. The van der Waals surface area contributed by atoms with Gasteiger partial charge in [0.2, 0.25) is 0 Å². The van der Waals surface area contributed by atoms with Crippen molar-refractivity contribution in [3.63, 3.8) is 0 Å². The number of unbranched alkanes of at least 4 members (excludes halogenated alkanes) is 52. The smallest absolute Gasteiger partial charge is 0.462 e. The lowest BCUT2D eigenvalue weighted by atomic mass is 10.0. The van der Waals surface area contributed by atoms with Crippen LogP contribution in [0.1, 0.15) is 380 Å². The average Bonchev–Trinajstić information content (AvgIpc) is 3.43. The van der Waals surface area contributed by atoms with Crippen molar-refractivity contribution in [3.05, 3.63) is 12.2 Å². The van der Waals surface area contributed by atoms with E-state index in [0.29, 0.717) is 6.42 Å². The highest BCUT2D eigenvalue weighted by molar-refractivity contribution is 7.47. The summed E-state index contributed by atoms with van der Waals surface area (Å²) in [5, 5.41) is 0. The lowest BCUT2D eigenvalue weighted by Gasteiger charge is -2.19. The van der Waals surface area contributed by atoms with Gasteiger partial charge in [0.1, 0.15) is 6.61 Å². The molecule has 0 fully saturated rings. The molecule has 10 heteroatoms. The molecule has 0 rings (SSSR count). The Bertz CT molecular complexity index is 1280. The van der Waals surface area contributed by atoms with Crippen molar-refractivity contribution in [2.75, 3.05) is 26.4 Å². The molecule has 0 aliphatic heterocycles. The summed E-state index contributed by atoms with van der Waals surface area (Å²) in [6, 6.07) is 0. The van der Waals surface area contributed by atoms with Crippen LogP contribution in [-0.2, 0) is 32.7 Å². The maximum absolute atomic E-state index is 12.7. The van der Waals surface area contributed by atoms with Gasteiger partial charge >= 0.3 is 19.8 Å². The van der Waals surface area contributed by atoms with E-state index in [2.05, 4.69) is 26.0 Å². The van der Waals surface area contributed by atoms with Gasteiger partial charge in [-0.05, 0) is 38.5 Å². The first-order valence-electron chi connectivity index (χ1n) is 34.7. The van der Waals surface area contributed by atoms with Gasteiger partial charge in [-0.2, -0.15) is 0 Å². The Morgan fingerprint density at radius 2 is 0.628 bits per heavy atom. The quantitative estimate of drug-likeness (QED) is 0.0264. The van der Waals surface area contributed by atoms with Gasteiger partial charge in [0.05, 0.1) is 13.2 Å². The second-order valence-corrected chi connectivity index (χ2v) is 25.2. The number of carbonyl (C=O) groups is 2. The number of rotatable bonds is 67. The third-order valence-electron chi connectivity index (χ3n) is 15.9. The molecule has 0 aliphatic carbocycles. The number of allylic oxidation sites excluding steroid dienone is 2. The highest BCUT2D eigenvalue weighted by Gasteiger charge is 2.26. The fourth-order valence-corrected chi connectivity index (χ4v) is 11.5. The van der Waals surface area contributed by atoms with Crippen molar-refractivity contribution >= 4 is 19.8 Å². The zero-order valence-electron chi connectivity index (χ0n) is 52.2. The maximum Gasteiger partial charge on any atom is 0.472 e. The zero-order chi connectivity index (χ0) is 56.6. The third-order valence-corrected chi connectivity index (χ3v) is 16.9. The Kier molecular flexibility index (Phi) is 63.9. The molecule has 0 amide bonds. The van der Waals surface area contributed by atoms with Crippen LogP contribution in [0.5, 0.6) is 0 Å². The monoisotopic (exact) mass is 1120 g/mol. The number of phosphoric ester groups is 1. The summed E-state index contributed by atoms with van der Waals surface area (Å²) in [5.74, 6) is -0.801. The van der Waals surface area contributed by atoms with E-state index in [9.17, 15) is 19.0 Å². The first-order chi connectivity index (χ1) is 38.3. The van der Waals surface area contributed by atoms with Crippen molar-refractivity contribution in [1.29, 1.82) is 0 Å². The average molecular weight is 1120 g/mol. The van der Waals surface area contributed by atoms with Gasteiger partial charge in [-0.1, -0.05) is 341 Å². The normalized spacial score (nSPS) is 12.9. The lowest BCUT2D eigenvalue weighted by molar-refractivity contribution is -0.161. The largest absolute Gasteiger partial charge is 0.472 e. The van der Waals surface area contributed by atoms with Crippen molar-refractivity contribution in [2.45, 2.75) is 386 Å². The van der Waals surface area contributed by atoms with Gasteiger partial charge < -0.3 is 20.1 Å². The van der Waals surface area contributed by atoms with E-state index in [1.807, 2.05) is 0 Å². The van der Waals surface area contributed by atoms with E-state index in [-0.39, 0.29) is 38.6 Å². The van der Waals surface area contributed by atoms with Crippen LogP contribution in [-0.4, -0.2) is 49.3 Å². The first-order valence-corrected chi connectivity index (χ1v) is 36.2. The number of nitrogens with two attached hydrogens (primary N) is 1. The van der Waals surface area contributed by atoms with Crippen LogP contribution in [0.4, 0.5) is 0 Å². The second kappa shape index (κ2) is 64.9. The van der Waals surface area contributed by atoms with E-state index in [0.717, 1.165) is 32.1 Å². The fourth-order valence-electron chi connectivity index (χ4n) is 10.8. The van der Waals surface area contributed by atoms with Gasteiger partial charge in [-0.15, -0.1) is 0 Å². The van der Waals surface area contributed by atoms with Gasteiger partial charge in [0.25, 0.3) is 0 Å². The van der Waals surface area contributed by atoms with E-state index >= 15 is 0 Å². The van der Waals surface area contributed by atoms with E-state index < -0.39 is 26.5 Å². The predicted octanol–water partition coefficient (Wildman–Crippen LogP) is 22.4. The summed E-state index contributed by atoms with van der Waals surface area (Å²) in [6.07, 6.45) is 77.5. The molecule has 0 saturated carbocycles. The van der Waals surface area contributed by atoms with E-state index in [1.54, 1.807) is 0 Å². The van der Waals surface area contributed by atoms with Gasteiger partial charge in [-0.25, -0.2) is 4.57 Å². The molecule has 2 unspecified atom stereocenters. The minimum Gasteiger partial charge on any atom is -0.462 e. The molecule has 0 aromatic heterocycles. The van der Waals surface area contributed by atoms with Crippen molar-refractivity contribution in [3.8, 4) is 0 Å². The van der Waals surface area contributed by atoms with Crippen LogP contribution >= 0.6 is 7.82 Å². The number of carbonyl (C=O) groups excluding carboxylic acids is 2. The SMILES string of the molecule is CCCCCCCCCC/C=C\CCCCCCCCCCCCCCCCCCCCCCCCCCCC(=O)OC(COC(=O)CCCCCCCCCCCCCCCCCCCCCC)COP(=O)(O)OCCN. The molecule has 0 aliphatic rings. The summed E-state index contributed by atoms with van der Waals surface area (Å²) in [6.45, 7) is 3.83. The summed E-state index contributed by atoms with van der Waals surface area (Å²) in [7, 11) is -4.38. The highest BCUT2D eigenvalue weighted by atomic mass is 31.2. The molecule has 0 aromatic rings. The second-order valence-electron chi connectivity index (χ2n) is 23.8. The summed E-state index contributed by atoms with van der Waals surface area (Å²) in [5.41, 5.74) is 5.40. The molecule has 0 saturated heterocycles. The Morgan fingerprint density at radius 1 is 0.372 bits per heavy atom. The molecule has 3 N–H and O–H groups in total. The zero-order valence-corrected chi connectivity index (χ0v) is 53.1.